The topological polar surface area (TPSA) is 90.1 Å². The Morgan fingerprint density at radius 2 is 1.81 bits per heavy atom. The number of hydrogen-bond acceptors (Lipinski definition) is 4. The minimum absolute atomic E-state index is 0.00261. The van der Waals surface area contributed by atoms with Crippen LogP contribution < -0.4 is 5.32 Å². The van der Waals surface area contributed by atoms with Crippen molar-refractivity contribution >= 4 is 17.3 Å². The SMILES string of the molecule is CCn1nc(C(F)(F)F)cc1-c1ccc(C(=O)Nc2c(F)cccc2F)cc1[N+](=O)[O-]. The summed E-state index contributed by atoms with van der Waals surface area (Å²) < 4.78 is 67.5. The summed E-state index contributed by atoms with van der Waals surface area (Å²) >= 11 is 0. The molecule has 0 atom stereocenters. The number of nitro groups is 1. The number of benzene rings is 2. The maximum atomic E-state index is 13.7. The number of rotatable bonds is 5. The average molecular weight is 440 g/mol. The van der Waals surface area contributed by atoms with Crippen LogP contribution in [0.1, 0.15) is 23.0 Å². The molecule has 0 aliphatic heterocycles. The van der Waals surface area contributed by atoms with Crippen LogP contribution in [0.5, 0.6) is 0 Å². The van der Waals surface area contributed by atoms with Crippen molar-refractivity contribution in [3.8, 4) is 11.3 Å². The second-order valence-corrected chi connectivity index (χ2v) is 6.27. The standard InChI is InChI=1S/C19H13F5N4O3/c1-2-27-14(9-16(26-27)19(22,23)24)11-7-6-10(8-15(11)28(30)31)18(29)25-17-12(20)4-3-5-13(17)21/h3-9H,2H2,1H3,(H,25,29). The van der Waals surface area contributed by atoms with Crippen LogP contribution in [0.2, 0.25) is 0 Å². The third kappa shape index (κ3) is 4.37. The van der Waals surface area contributed by atoms with E-state index in [1.54, 1.807) is 0 Å². The van der Waals surface area contributed by atoms with Crippen LogP contribution >= 0.6 is 0 Å². The van der Waals surface area contributed by atoms with Crippen LogP contribution in [0.3, 0.4) is 0 Å². The first kappa shape index (κ1) is 21.9. The first-order valence-corrected chi connectivity index (χ1v) is 8.72. The quantitative estimate of drug-likeness (QED) is 0.342. The number of anilines is 1. The fourth-order valence-electron chi connectivity index (χ4n) is 2.86. The Morgan fingerprint density at radius 3 is 2.35 bits per heavy atom. The summed E-state index contributed by atoms with van der Waals surface area (Å²) in [4.78, 5) is 23.0. The molecule has 0 bridgehead atoms. The van der Waals surface area contributed by atoms with Crippen LogP contribution in [-0.2, 0) is 12.7 Å². The normalized spacial score (nSPS) is 11.4. The van der Waals surface area contributed by atoms with Crippen LogP contribution in [0.15, 0.2) is 42.5 Å². The lowest BCUT2D eigenvalue weighted by Crippen LogP contribution is -2.14. The summed E-state index contributed by atoms with van der Waals surface area (Å²) in [5, 5.41) is 16.9. The van der Waals surface area contributed by atoms with Crippen molar-refractivity contribution in [1.29, 1.82) is 0 Å². The number of halogens is 5. The van der Waals surface area contributed by atoms with Crippen molar-refractivity contribution in [3.05, 3.63) is 75.5 Å². The minimum Gasteiger partial charge on any atom is -0.317 e. The summed E-state index contributed by atoms with van der Waals surface area (Å²) in [7, 11) is 0. The Hall–Kier alpha value is -3.83. The zero-order chi connectivity index (χ0) is 22.9. The molecule has 7 nitrogen and oxygen atoms in total. The lowest BCUT2D eigenvalue weighted by Gasteiger charge is -2.09. The van der Waals surface area contributed by atoms with Crippen LogP contribution in [0.4, 0.5) is 33.3 Å². The molecule has 0 unspecified atom stereocenters. The van der Waals surface area contributed by atoms with Crippen LogP contribution in [0, 0.1) is 21.7 Å². The minimum atomic E-state index is -4.76. The van der Waals surface area contributed by atoms with Crippen molar-refractivity contribution in [2.45, 2.75) is 19.6 Å². The molecule has 1 N–H and O–H groups in total. The monoisotopic (exact) mass is 440 g/mol. The van der Waals surface area contributed by atoms with E-state index in [0.717, 1.165) is 41.1 Å². The van der Waals surface area contributed by atoms with Crippen molar-refractivity contribution in [2.24, 2.45) is 0 Å². The molecule has 0 saturated carbocycles. The van der Waals surface area contributed by atoms with Gasteiger partial charge in [-0.05, 0) is 37.3 Å². The van der Waals surface area contributed by atoms with Crippen molar-refractivity contribution in [3.63, 3.8) is 0 Å². The Bertz CT molecular complexity index is 1150. The van der Waals surface area contributed by atoms with Gasteiger partial charge in [-0.15, -0.1) is 0 Å². The van der Waals surface area contributed by atoms with E-state index in [0.29, 0.717) is 6.07 Å². The van der Waals surface area contributed by atoms with Crippen LogP contribution in [0.25, 0.3) is 11.3 Å². The zero-order valence-corrected chi connectivity index (χ0v) is 15.7. The van der Waals surface area contributed by atoms with Gasteiger partial charge < -0.3 is 5.32 Å². The molecular weight excluding hydrogens is 427 g/mol. The molecule has 31 heavy (non-hydrogen) atoms. The number of nitro benzene ring substituents is 1. The third-order valence-electron chi connectivity index (χ3n) is 4.30. The van der Waals surface area contributed by atoms with Gasteiger partial charge in [0.15, 0.2) is 5.69 Å². The highest BCUT2D eigenvalue weighted by Crippen LogP contribution is 2.36. The van der Waals surface area contributed by atoms with Gasteiger partial charge in [-0.3, -0.25) is 19.6 Å². The molecule has 1 amide bonds. The lowest BCUT2D eigenvalue weighted by molar-refractivity contribution is -0.384. The Balaban J connectivity index is 2.04. The summed E-state index contributed by atoms with van der Waals surface area (Å²) in [6.07, 6.45) is -4.76. The molecule has 0 aliphatic carbocycles. The number of carbonyl (C=O) groups excluding carboxylic acids is 1. The molecule has 1 heterocycles. The second-order valence-electron chi connectivity index (χ2n) is 6.27. The van der Waals surface area contributed by atoms with Crippen molar-refractivity contribution < 1.29 is 31.7 Å². The number of aryl methyl sites for hydroxylation is 1. The van der Waals surface area contributed by atoms with E-state index in [2.05, 4.69) is 5.10 Å². The fourth-order valence-corrected chi connectivity index (χ4v) is 2.86. The molecule has 2 aromatic carbocycles. The molecule has 0 aliphatic rings. The van der Waals surface area contributed by atoms with E-state index in [1.807, 2.05) is 5.32 Å². The molecule has 162 valence electrons. The van der Waals surface area contributed by atoms with Gasteiger partial charge in [0.05, 0.1) is 16.2 Å². The highest BCUT2D eigenvalue weighted by molar-refractivity contribution is 6.05. The first-order valence-electron chi connectivity index (χ1n) is 8.72. The Kier molecular flexibility index (Phi) is 5.73. The lowest BCUT2D eigenvalue weighted by atomic mass is 10.0. The number of hydrogen-bond donors (Lipinski definition) is 1. The van der Waals surface area contributed by atoms with E-state index >= 15 is 0 Å². The number of carbonyl (C=O) groups is 1. The molecule has 1 aromatic heterocycles. The van der Waals surface area contributed by atoms with E-state index in [4.69, 9.17) is 0 Å². The number of amides is 1. The van der Waals surface area contributed by atoms with Gasteiger partial charge in [0, 0.05) is 18.2 Å². The predicted octanol–water partition coefficient (Wildman–Crippen LogP) is 5.03. The average Bonchev–Trinajstić information content (AvgIpc) is 3.15. The number of alkyl halides is 3. The van der Waals surface area contributed by atoms with E-state index in [-0.39, 0.29) is 23.4 Å². The highest BCUT2D eigenvalue weighted by Gasteiger charge is 2.36. The van der Waals surface area contributed by atoms with Gasteiger partial charge in [-0.2, -0.15) is 18.3 Å². The van der Waals surface area contributed by atoms with Gasteiger partial charge in [0.2, 0.25) is 0 Å². The van der Waals surface area contributed by atoms with Gasteiger partial charge in [-0.25, -0.2) is 8.78 Å². The maximum Gasteiger partial charge on any atom is 0.435 e. The first-order chi connectivity index (χ1) is 14.5. The number of nitrogens with one attached hydrogen (secondary N) is 1. The van der Waals surface area contributed by atoms with E-state index < -0.39 is 45.7 Å². The summed E-state index contributed by atoms with van der Waals surface area (Å²) in [6.45, 7) is 1.50. The zero-order valence-electron chi connectivity index (χ0n) is 15.7. The third-order valence-corrected chi connectivity index (χ3v) is 4.30. The molecule has 0 radical (unpaired) electrons. The van der Waals surface area contributed by atoms with Crippen molar-refractivity contribution in [1.82, 2.24) is 9.78 Å². The summed E-state index contributed by atoms with van der Waals surface area (Å²) in [6, 6.07) is 6.56. The Morgan fingerprint density at radius 1 is 1.16 bits per heavy atom. The molecule has 12 heteroatoms. The summed E-state index contributed by atoms with van der Waals surface area (Å²) in [5.74, 6) is -3.14. The van der Waals surface area contributed by atoms with Crippen molar-refractivity contribution in [2.75, 3.05) is 5.32 Å². The maximum absolute atomic E-state index is 13.7. The fraction of sp³-hybridized carbons (Fsp3) is 0.158. The van der Waals surface area contributed by atoms with Gasteiger partial charge in [0.1, 0.15) is 17.3 Å². The Labute approximate surface area is 171 Å². The molecule has 3 rings (SSSR count). The smallest absolute Gasteiger partial charge is 0.317 e. The van der Waals surface area contributed by atoms with E-state index in [9.17, 15) is 36.9 Å². The number of para-hydroxylation sites is 1. The molecule has 3 aromatic rings. The molecular formula is C19H13F5N4O3. The summed E-state index contributed by atoms with van der Waals surface area (Å²) in [5.41, 5.74) is -3.34. The molecule has 0 saturated heterocycles. The molecule has 0 fully saturated rings. The van der Waals surface area contributed by atoms with Gasteiger partial charge >= 0.3 is 6.18 Å². The predicted molar refractivity (Wildman–Crippen MR) is 99.3 cm³/mol. The second kappa shape index (κ2) is 8.13. The van der Waals surface area contributed by atoms with Gasteiger partial charge in [0.25, 0.3) is 11.6 Å². The van der Waals surface area contributed by atoms with Gasteiger partial charge in [-0.1, -0.05) is 6.07 Å². The highest BCUT2D eigenvalue weighted by atomic mass is 19.4. The number of nitrogens with zero attached hydrogens (tertiary/aromatic N) is 3. The molecule has 0 spiro atoms. The van der Waals surface area contributed by atoms with E-state index in [1.165, 1.54) is 6.92 Å². The largest absolute Gasteiger partial charge is 0.435 e. The number of aromatic nitrogens is 2. The van der Waals surface area contributed by atoms with Crippen LogP contribution in [-0.4, -0.2) is 20.6 Å².